The summed E-state index contributed by atoms with van der Waals surface area (Å²) in [5.41, 5.74) is 3.04. The molecule has 1 aromatic carbocycles. The predicted octanol–water partition coefficient (Wildman–Crippen LogP) is 2.46. The number of amidine groups is 1. The van der Waals surface area contributed by atoms with Gasteiger partial charge in [0, 0.05) is 23.5 Å². The summed E-state index contributed by atoms with van der Waals surface area (Å²) in [6.45, 7) is 0.690. The average molecular weight is 239 g/mol. The minimum Gasteiger partial charge on any atom is -0.497 e. The van der Waals surface area contributed by atoms with Crippen molar-refractivity contribution < 1.29 is 4.74 Å². The third kappa shape index (κ3) is 1.93. The van der Waals surface area contributed by atoms with E-state index in [0.717, 1.165) is 28.5 Å². The molecule has 0 amide bonds. The number of aliphatic imine (C=N–C) groups is 1. The van der Waals surface area contributed by atoms with Crippen molar-refractivity contribution >= 4 is 11.5 Å². The van der Waals surface area contributed by atoms with Crippen LogP contribution in [0.15, 0.2) is 47.6 Å². The van der Waals surface area contributed by atoms with Gasteiger partial charge in [0.2, 0.25) is 0 Å². The molecule has 0 atom stereocenters. The van der Waals surface area contributed by atoms with Gasteiger partial charge in [-0.3, -0.25) is 9.98 Å². The van der Waals surface area contributed by atoms with Crippen LogP contribution in [-0.4, -0.2) is 17.9 Å². The second-order valence-electron chi connectivity index (χ2n) is 4.03. The molecule has 2 aromatic rings. The van der Waals surface area contributed by atoms with Gasteiger partial charge in [-0.05, 0) is 18.2 Å². The molecule has 3 rings (SSSR count). The molecule has 0 aliphatic carbocycles. The lowest BCUT2D eigenvalue weighted by Gasteiger charge is -2.08. The number of pyridine rings is 1. The van der Waals surface area contributed by atoms with Crippen molar-refractivity contribution in [3.05, 3.63) is 53.9 Å². The number of aromatic nitrogens is 1. The maximum atomic E-state index is 5.19. The SMILES string of the molecule is COc1cccc(NC2=NCc3cccnc32)c1. The molecular formula is C14H13N3O. The van der Waals surface area contributed by atoms with E-state index in [1.807, 2.05) is 36.4 Å². The molecule has 0 saturated carbocycles. The summed E-state index contributed by atoms with van der Waals surface area (Å²) in [6, 6.07) is 11.7. The molecule has 2 heterocycles. The van der Waals surface area contributed by atoms with E-state index in [1.54, 1.807) is 13.3 Å². The Balaban J connectivity index is 1.86. The van der Waals surface area contributed by atoms with E-state index in [2.05, 4.69) is 15.3 Å². The van der Waals surface area contributed by atoms with Crippen molar-refractivity contribution in [3.8, 4) is 5.75 Å². The molecule has 0 radical (unpaired) electrons. The number of nitrogens with zero attached hydrogens (tertiary/aromatic N) is 2. The second kappa shape index (κ2) is 4.49. The number of methoxy groups -OCH3 is 1. The highest BCUT2D eigenvalue weighted by Crippen LogP contribution is 2.21. The number of hydrogen-bond donors (Lipinski definition) is 1. The van der Waals surface area contributed by atoms with E-state index in [1.165, 1.54) is 0 Å². The highest BCUT2D eigenvalue weighted by molar-refractivity contribution is 6.09. The van der Waals surface area contributed by atoms with Gasteiger partial charge in [-0.2, -0.15) is 0 Å². The monoisotopic (exact) mass is 239 g/mol. The lowest BCUT2D eigenvalue weighted by molar-refractivity contribution is 0.415. The van der Waals surface area contributed by atoms with Crippen LogP contribution in [0.5, 0.6) is 5.75 Å². The number of anilines is 1. The minimum atomic E-state index is 0.690. The lowest BCUT2D eigenvalue weighted by atomic mass is 10.2. The smallest absolute Gasteiger partial charge is 0.152 e. The first-order valence-electron chi connectivity index (χ1n) is 5.76. The minimum absolute atomic E-state index is 0.690. The van der Waals surface area contributed by atoms with Crippen LogP contribution in [-0.2, 0) is 6.54 Å². The quantitative estimate of drug-likeness (QED) is 0.875. The molecule has 4 heteroatoms. The van der Waals surface area contributed by atoms with E-state index >= 15 is 0 Å². The summed E-state index contributed by atoms with van der Waals surface area (Å²) in [5.74, 6) is 1.64. The van der Waals surface area contributed by atoms with Gasteiger partial charge in [0.05, 0.1) is 13.7 Å². The van der Waals surface area contributed by atoms with Gasteiger partial charge in [-0.25, -0.2) is 0 Å². The fourth-order valence-corrected chi connectivity index (χ4v) is 1.95. The van der Waals surface area contributed by atoms with Gasteiger partial charge in [0.1, 0.15) is 11.4 Å². The summed E-state index contributed by atoms with van der Waals surface area (Å²) >= 11 is 0. The molecule has 1 N–H and O–H groups in total. The molecule has 90 valence electrons. The molecule has 0 spiro atoms. The Kier molecular flexibility index (Phi) is 2.68. The van der Waals surface area contributed by atoms with Crippen molar-refractivity contribution in [1.29, 1.82) is 0 Å². The molecule has 1 aromatic heterocycles. The van der Waals surface area contributed by atoms with Crippen LogP contribution in [0.2, 0.25) is 0 Å². The molecular weight excluding hydrogens is 226 g/mol. The van der Waals surface area contributed by atoms with Crippen molar-refractivity contribution in [3.63, 3.8) is 0 Å². The maximum Gasteiger partial charge on any atom is 0.152 e. The Morgan fingerprint density at radius 2 is 2.17 bits per heavy atom. The van der Waals surface area contributed by atoms with E-state index in [0.29, 0.717) is 6.54 Å². The zero-order valence-electron chi connectivity index (χ0n) is 10.1. The largest absolute Gasteiger partial charge is 0.497 e. The number of ether oxygens (including phenoxy) is 1. The van der Waals surface area contributed by atoms with Crippen molar-refractivity contribution in [1.82, 2.24) is 4.98 Å². The number of rotatable bonds is 2. The van der Waals surface area contributed by atoms with Crippen LogP contribution in [0.3, 0.4) is 0 Å². The zero-order valence-corrected chi connectivity index (χ0v) is 10.1. The summed E-state index contributed by atoms with van der Waals surface area (Å²) in [5, 5.41) is 3.28. The van der Waals surface area contributed by atoms with E-state index in [4.69, 9.17) is 4.74 Å². The van der Waals surface area contributed by atoms with Crippen molar-refractivity contribution in [2.75, 3.05) is 12.4 Å². The van der Waals surface area contributed by atoms with Crippen LogP contribution in [0.25, 0.3) is 0 Å². The zero-order chi connectivity index (χ0) is 12.4. The third-order valence-electron chi connectivity index (χ3n) is 2.86. The first kappa shape index (κ1) is 10.8. The fourth-order valence-electron chi connectivity index (χ4n) is 1.95. The van der Waals surface area contributed by atoms with Crippen molar-refractivity contribution in [2.24, 2.45) is 4.99 Å². The Hall–Kier alpha value is -2.36. The molecule has 0 unspecified atom stereocenters. The number of fused-ring (bicyclic) bond motifs is 1. The first-order valence-corrected chi connectivity index (χ1v) is 5.76. The first-order chi connectivity index (χ1) is 8.86. The predicted molar refractivity (Wildman–Crippen MR) is 71.1 cm³/mol. The third-order valence-corrected chi connectivity index (χ3v) is 2.86. The molecule has 0 bridgehead atoms. The second-order valence-corrected chi connectivity index (χ2v) is 4.03. The van der Waals surface area contributed by atoms with Crippen molar-refractivity contribution in [2.45, 2.75) is 6.54 Å². The lowest BCUT2D eigenvalue weighted by Crippen LogP contribution is -2.13. The van der Waals surface area contributed by atoms with E-state index in [9.17, 15) is 0 Å². The van der Waals surface area contributed by atoms with Gasteiger partial charge < -0.3 is 10.1 Å². The highest BCUT2D eigenvalue weighted by atomic mass is 16.5. The number of hydrogen-bond acceptors (Lipinski definition) is 4. The van der Waals surface area contributed by atoms with Crippen LogP contribution >= 0.6 is 0 Å². The fraction of sp³-hybridized carbons (Fsp3) is 0.143. The van der Waals surface area contributed by atoms with Crippen LogP contribution in [0.1, 0.15) is 11.3 Å². The number of benzene rings is 1. The summed E-state index contributed by atoms with van der Waals surface area (Å²) in [6.07, 6.45) is 1.78. The van der Waals surface area contributed by atoms with E-state index in [-0.39, 0.29) is 0 Å². The molecule has 1 aliphatic heterocycles. The standard InChI is InChI=1S/C14H13N3O/c1-18-12-6-2-5-11(8-12)17-14-13-10(9-16-14)4-3-7-15-13/h2-8H,9H2,1H3,(H,16,17). The van der Waals surface area contributed by atoms with Gasteiger partial charge in [-0.15, -0.1) is 0 Å². The molecule has 18 heavy (non-hydrogen) atoms. The summed E-state index contributed by atoms with van der Waals surface area (Å²) in [7, 11) is 1.66. The Bertz CT molecular complexity index is 607. The van der Waals surface area contributed by atoms with Crippen LogP contribution < -0.4 is 10.1 Å². The van der Waals surface area contributed by atoms with Gasteiger partial charge in [0.25, 0.3) is 0 Å². The Morgan fingerprint density at radius 3 is 3.06 bits per heavy atom. The Labute approximate surface area is 105 Å². The summed E-state index contributed by atoms with van der Waals surface area (Å²) < 4.78 is 5.19. The molecule has 4 nitrogen and oxygen atoms in total. The molecule has 1 aliphatic rings. The number of nitrogens with one attached hydrogen (secondary N) is 1. The topological polar surface area (TPSA) is 46.5 Å². The maximum absolute atomic E-state index is 5.19. The van der Waals surface area contributed by atoms with Gasteiger partial charge >= 0.3 is 0 Å². The normalized spacial score (nSPS) is 12.8. The highest BCUT2D eigenvalue weighted by Gasteiger charge is 2.16. The summed E-state index contributed by atoms with van der Waals surface area (Å²) in [4.78, 5) is 8.81. The van der Waals surface area contributed by atoms with Crippen LogP contribution in [0, 0.1) is 0 Å². The molecule has 0 fully saturated rings. The Morgan fingerprint density at radius 1 is 1.22 bits per heavy atom. The van der Waals surface area contributed by atoms with Gasteiger partial charge in [0.15, 0.2) is 5.84 Å². The van der Waals surface area contributed by atoms with Gasteiger partial charge in [-0.1, -0.05) is 12.1 Å². The average Bonchev–Trinajstić information content (AvgIpc) is 2.83. The van der Waals surface area contributed by atoms with Crippen LogP contribution in [0.4, 0.5) is 5.69 Å². The molecule has 0 saturated heterocycles. The van der Waals surface area contributed by atoms with E-state index < -0.39 is 0 Å².